The molecule has 0 atom stereocenters. The minimum absolute atomic E-state index is 0.0258. The molecule has 3 heteroatoms. The fourth-order valence-corrected chi connectivity index (χ4v) is 2.48. The summed E-state index contributed by atoms with van der Waals surface area (Å²) >= 11 is 0. The topological polar surface area (TPSA) is 45.8 Å². The van der Waals surface area contributed by atoms with Crippen molar-refractivity contribution >= 4 is 10.9 Å². The molecule has 1 aliphatic rings. The summed E-state index contributed by atoms with van der Waals surface area (Å²) in [5, 5.41) is 9.94. The zero-order valence-corrected chi connectivity index (χ0v) is 10.1. The zero-order chi connectivity index (χ0) is 12.6. The molecule has 1 aromatic carbocycles. The maximum absolute atomic E-state index is 12.0. The van der Waals surface area contributed by atoms with Crippen molar-refractivity contribution < 1.29 is 0 Å². The normalized spacial score (nSPS) is 16.4. The fourth-order valence-electron chi connectivity index (χ4n) is 2.48. The summed E-state index contributed by atoms with van der Waals surface area (Å²) in [6.45, 7) is 0.667. The number of fused-ring (bicyclic) bond motifs is 1. The van der Waals surface area contributed by atoms with Crippen LogP contribution < -0.4 is 5.56 Å². The maximum Gasteiger partial charge on any atom is 0.251 e. The lowest BCUT2D eigenvalue weighted by atomic mass is 10.0. The third kappa shape index (κ3) is 1.80. The molecule has 0 spiro atoms. The van der Waals surface area contributed by atoms with E-state index in [0.717, 1.165) is 23.7 Å². The summed E-state index contributed by atoms with van der Waals surface area (Å²) in [5.74, 6) is 0. The molecule has 0 amide bonds. The molecule has 0 unspecified atom stereocenters. The highest BCUT2D eigenvalue weighted by Gasteiger charge is 2.43. The first-order valence-corrected chi connectivity index (χ1v) is 6.20. The molecule has 1 saturated carbocycles. The van der Waals surface area contributed by atoms with Gasteiger partial charge in [0.05, 0.1) is 11.6 Å². The number of pyridine rings is 1. The summed E-state index contributed by atoms with van der Waals surface area (Å²) in [7, 11) is 0. The molecule has 0 aliphatic heterocycles. The number of nitrogens with zero attached hydrogens (tertiary/aromatic N) is 2. The average Bonchev–Trinajstić information content (AvgIpc) is 3.14. The van der Waals surface area contributed by atoms with Crippen molar-refractivity contribution in [2.24, 2.45) is 5.41 Å². The molecular formula is C15H14N2O. The number of hydrogen-bond donors (Lipinski definition) is 0. The molecule has 0 radical (unpaired) electrons. The van der Waals surface area contributed by atoms with E-state index in [2.05, 4.69) is 6.07 Å². The van der Waals surface area contributed by atoms with Gasteiger partial charge < -0.3 is 4.57 Å². The molecule has 0 bridgehead atoms. The Labute approximate surface area is 105 Å². The monoisotopic (exact) mass is 238 g/mol. The van der Waals surface area contributed by atoms with Crippen LogP contribution in [0.5, 0.6) is 0 Å². The van der Waals surface area contributed by atoms with Crippen molar-refractivity contribution in [2.45, 2.75) is 25.8 Å². The molecular weight excluding hydrogens is 224 g/mol. The standard InChI is InChI=1S/C15H14N2O/c16-10-9-15(7-8-15)11-17-13-4-2-1-3-12(13)5-6-14(17)18/h1-6H,7-9,11H2. The van der Waals surface area contributed by atoms with Gasteiger partial charge in [-0.25, -0.2) is 0 Å². The van der Waals surface area contributed by atoms with Gasteiger partial charge in [-0.3, -0.25) is 4.79 Å². The summed E-state index contributed by atoms with van der Waals surface area (Å²) in [6.07, 6.45) is 2.65. The molecule has 3 rings (SSSR count). The largest absolute Gasteiger partial charge is 0.308 e. The Kier molecular flexibility index (Phi) is 2.45. The van der Waals surface area contributed by atoms with E-state index >= 15 is 0 Å². The van der Waals surface area contributed by atoms with Crippen LogP contribution >= 0.6 is 0 Å². The van der Waals surface area contributed by atoms with Crippen LogP contribution in [0, 0.1) is 16.7 Å². The van der Waals surface area contributed by atoms with E-state index in [1.165, 1.54) is 0 Å². The minimum atomic E-state index is 0.0258. The smallest absolute Gasteiger partial charge is 0.251 e. The highest BCUT2D eigenvalue weighted by atomic mass is 16.1. The molecule has 1 aromatic heterocycles. The molecule has 2 aromatic rings. The van der Waals surface area contributed by atoms with Gasteiger partial charge in [0.15, 0.2) is 0 Å². The van der Waals surface area contributed by atoms with E-state index < -0.39 is 0 Å². The van der Waals surface area contributed by atoms with Crippen LogP contribution in [0.15, 0.2) is 41.2 Å². The number of hydrogen-bond acceptors (Lipinski definition) is 2. The van der Waals surface area contributed by atoms with Gasteiger partial charge in [0.25, 0.3) is 5.56 Å². The Balaban J connectivity index is 2.09. The first-order valence-electron chi connectivity index (χ1n) is 6.20. The molecule has 3 nitrogen and oxygen atoms in total. The Bertz CT molecular complexity index is 689. The van der Waals surface area contributed by atoms with Gasteiger partial charge in [0, 0.05) is 24.4 Å². The summed E-state index contributed by atoms with van der Waals surface area (Å²) in [6, 6.07) is 13.6. The Hall–Kier alpha value is -2.08. The van der Waals surface area contributed by atoms with E-state index in [9.17, 15) is 4.79 Å². The predicted octanol–water partition coefficient (Wildman–Crippen LogP) is 2.70. The van der Waals surface area contributed by atoms with Crippen molar-refractivity contribution in [1.29, 1.82) is 5.26 Å². The summed E-state index contributed by atoms with van der Waals surface area (Å²) in [4.78, 5) is 12.0. The third-order valence-electron chi connectivity index (χ3n) is 3.80. The van der Waals surface area contributed by atoms with Gasteiger partial charge in [-0.15, -0.1) is 0 Å². The first-order chi connectivity index (χ1) is 8.74. The van der Waals surface area contributed by atoms with Crippen LogP contribution in [0.2, 0.25) is 0 Å². The second-order valence-corrected chi connectivity index (χ2v) is 5.15. The summed E-state index contributed by atoms with van der Waals surface area (Å²) in [5.41, 5.74) is 1.04. The quantitative estimate of drug-likeness (QED) is 0.825. The predicted molar refractivity (Wildman–Crippen MR) is 70.1 cm³/mol. The maximum atomic E-state index is 12.0. The van der Waals surface area contributed by atoms with Crippen LogP contribution in [-0.2, 0) is 6.54 Å². The van der Waals surface area contributed by atoms with Gasteiger partial charge in [-0.1, -0.05) is 18.2 Å². The van der Waals surface area contributed by atoms with E-state index in [1.807, 2.05) is 34.9 Å². The van der Waals surface area contributed by atoms with E-state index in [0.29, 0.717) is 13.0 Å². The highest BCUT2D eigenvalue weighted by Crippen LogP contribution is 2.49. The lowest BCUT2D eigenvalue weighted by Crippen LogP contribution is -2.24. The fraction of sp³-hybridized carbons (Fsp3) is 0.333. The number of rotatable bonds is 3. The molecule has 1 fully saturated rings. The molecule has 1 heterocycles. The second kappa shape index (κ2) is 3.99. The van der Waals surface area contributed by atoms with Gasteiger partial charge in [0.2, 0.25) is 0 Å². The van der Waals surface area contributed by atoms with E-state index in [-0.39, 0.29) is 11.0 Å². The van der Waals surface area contributed by atoms with Crippen molar-refractivity contribution in [2.75, 3.05) is 0 Å². The van der Waals surface area contributed by atoms with Gasteiger partial charge >= 0.3 is 0 Å². The van der Waals surface area contributed by atoms with Gasteiger partial charge in [0.1, 0.15) is 0 Å². The molecule has 0 saturated heterocycles. The highest BCUT2D eigenvalue weighted by molar-refractivity contribution is 5.78. The lowest BCUT2D eigenvalue weighted by molar-refractivity contribution is 0.432. The van der Waals surface area contributed by atoms with E-state index in [1.54, 1.807) is 6.07 Å². The van der Waals surface area contributed by atoms with Crippen molar-refractivity contribution in [3.05, 3.63) is 46.8 Å². The number of benzene rings is 1. The van der Waals surface area contributed by atoms with Crippen molar-refractivity contribution in [3.8, 4) is 6.07 Å². The average molecular weight is 238 g/mol. The van der Waals surface area contributed by atoms with Gasteiger partial charge in [-0.05, 0) is 30.4 Å². The van der Waals surface area contributed by atoms with Crippen molar-refractivity contribution in [3.63, 3.8) is 0 Å². The van der Waals surface area contributed by atoms with Crippen LogP contribution in [0.1, 0.15) is 19.3 Å². The minimum Gasteiger partial charge on any atom is -0.308 e. The third-order valence-corrected chi connectivity index (χ3v) is 3.80. The van der Waals surface area contributed by atoms with Crippen LogP contribution in [0.25, 0.3) is 10.9 Å². The molecule has 90 valence electrons. The van der Waals surface area contributed by atoms with Gasteiger partial charge in [-0.2, -0.15) is 5.26 Å². The second-order valence-electron chi connectivity index (χ2n) is 5.15. The first kappa shape index (κ1) is 11.0. The van der Waals surface area contributed by atoms with E-state index in [4.69, 9.17) is 5.26 Å². The Morgan fingerprint density at radius 1 is 1.22 bits per heavy atom. The zero-order valence-electron chi connectivity index (χ0n) is 10.1. The Morgan fingerprint density at radius 2 is 2.00 bits per heavy atom. The van der Waals surface area contributed by atoms with Crippen LogP contribution in [-0.4, -0.2) is 4.57 Å². The number of para-hydroxylation sites is 1. The summed E-state index contributed by atoms with van der Waals surface area (Å²) < 4.78 is 1.82. The molecule has 18 heavy (non-hydrogen) atoms. The molecule has 1 aliphatic carbocycles. The van der Waals surface area contributed by atoms with Crippen molar-refractivity contribution in [1.82, 2.24) is 4.57 Å². The lowest BCUT2D eigenvalue weighted by Gasteiger charge is -2.15. The van der Waals surface area contributed by atoms with Crippen LogP contribution in [0.3, 0.4) is 0 Å². The number of nitriles is 1. The Morgan fingerprint density at radius 3 is 2.72 bits per heavy atom. The number of aromatic nitrogens is 1. The SMILES string of the molecule is N#CCC1(Cn2c(=O)ccc3ccccc32)CC1. The molecule has 0 N–H and O–H groups in total. The van der Waals surface area contributed by atoms with Crippen LogP contribution in [0.4, 0.5) is 0 Å².